The molecule has 20 heavy (non-hydrogen) atoms. The van der Waals surface area contributed by atoms with Crippen LogP contribution in [0.1, 0.15) is 31.6 Å². The Morgan fingerprint density at radius 3 is 2.90 bits per heavy atom. The van der Waals surface area contributed by atoms with Crippen LogP contribution in [-0.2, 0) is 16.1 Å². The monoisotopic (exact) mass is 301 g/mol. The van der Waals surface area contributed by atoms with Crippen molar-refractivity contribution < 1.29 is 14.6 Å². The Balaban J connectivity index is 1.86. The number of aliphatic hydroxyl groups excluding tert-OH is 1. The summed E-state index contributed by atoms with van der Waals surface area (Å²) in [5.41, 5.74) is 0. The third kappa shape index (κ3) is 9.44. The van der Waals surface area contributed by atoms with E-state index in [1.54, 1.807) is 11.3 Å². The largest absolute Gasteiger partial charge is 0.389 e. The number of hydrogen-bond donors (Lipinski definition) is 2. The van der Waals surface area contributed by atoms with Crippen molar-refractivity contribution >= 4 is 11.3 Å². The summed E-state index contributed by atoms with van der Waals surface area (Å²) in [5.74, 6) is 0. The highest BCUT2D eigenvalue weighted by atomic mass is 32.1. The maximum Gasteiger partial charge on any atom is 0.0897 e. The van der Waals surface area contributed by atoms with E-state index in [0.717, 1.165) is 26.0 Å². The molecule has 0 saturated carbocycles. The van der Waals surface area contributed by atoms with E-state index in [0.29, 0.717) is 25.9 Å². The Morgan fingerprint density at radius 2 is 2.20 bits per heavy atom. The van der Waals surface area contributed by atoms with Crippen molar-refractivity contribution in [3.05, 3.63) is 22.4 Å². The van der Waals surface area contributed by atoms with Gasteiger partial charge in [0.25, 0.3) is 0 Å². The van der Waals surface area contributed by atoms with Gasteiger partial charge in [-0.1, -0.05) is 6.07 Å². The van der Waals surface area contributed by atoms with Crippen molar-refractivity contribution in [2.24, 2.45) is 0 Å². The summed E-state index contributed by atoms with van der Waals surface area (Å²) in [6, 6.07) is 4.04. The molecule has 0 aromatic carbocycles. The van der Waals surface area contributed by atoms with Crippen LogP contribution in [0.3, 0.4) is 0 Å². The summed E-state index contributed by atoms with van der Waals surface area (Å²) in [4.78, 5) is 1.19. The van der Waals surface area contributed by atoms with Gasteiger partial charge in [0.15, 0.2) is 0 Å². The average Bonchev–Trinajstić information content (AvgIpc) is 2.90. The van der Waals surface area contributed by atoms with Gasteiger partial charge in [0.2, 0.25) is 0 Å². The predicted octanol–water partition coefficient (Wildman–Crippen LogP) is 2.42. The molecular weight excluding hydrogens is 274 g/mol. The fraction of sp³-hybridized carbons (Fsp3) is 0.733. The van der Waals surface area contributed by atoms with Crippen LogP contribution in [0.5, 0.6) is 0 Å². The lowest BCUT2D eigenvalue weighted by atomic mass is 10.3. The van der Waals surface area contributed by atoms with E-state index in [1.807, 2.05) is 31.4 Å². The van der Waals surface area contributed by atoms with Gasteiger partial charge in [0, 0.05) is 18.0 Å². The molecule has 4 nitrogen and oxygen atoms in total. The van der Waals surface area contributed by atoms with Crippen LogP contribution in [0.4, 0.5) is 0 Å². The van der Waals surface area contributed by atoms with Gasteiger partial charge in [0.1, 0.15) is 0 Å². The van der Waals surface area contributed by atoms with Crippen molar-refractivity contribution in [2.45, 2.75) is 45.5 Å². The Morgan fingerprint density at radius 1 is 1.35 bits per heavy atom. The molecule has 1 rings (SSSR count). The molecule has 1 heterocycles. The zero-order valence-corrected chi connectivity index (χ0v) is 13.3. The number of nitrogens with one attached hydrogen (secondary N) is 1. The van der Waals surface area contributed by atoms with E-state index in [4.69, 9.17) is 9.47 Å². The van der Waals surface area contributed by atoms with E-state index in [2.05, 4.69) is 5.32 Å². The molecule has 0 saturated heterocycles. The van der Waals surface area contributed by atoms with Crippen molar-refractivity contribution in [1.29, 1.82) is 0 Å². The van der Waals surface area contributed by atoms with Gasteiger partial charge in [0.05, 0.1) is 25.4 Å². The van der Waals surface area contributed by atoms with Gasteiger partial charge >= 0.3 is 0 Å². The molecule has 1 unspecified atom stereocenters. The quantitative estimate of drug-likeness (QED) is 0.582. The highest BCUT2D eigenvalue weighted by molar-refractivity contribution is 7.09. The minimum Gasteiger partial charge on any atom is -0.389 e. The number of unbranched alkanes of at least 4 members (excludes halogenated alkanes) is 1. The van der Waals surface area contributed by atoms with E-state index >= 15 is 0 Å². The smallest absolute Gasteiger partial charge is 0.0897 e. The normalized spacial score (nSPS) is 13.0. The Kier molecular flexibility index (Phi) is 9.87. The second kappa shape index (κ2) is 11.2. The minimum atomic E-state index is -0.443. The van der Waals surface area contributed by atoms with Crippen LogP contribution in [0.15, 0.2) is 17.5 Å². The fourth-order valence-electron chi connectivity index (χ4n) is 1.69. The summed E-state index contributed by atoms with van der Waals surface area (Å²) in [7, 11) is 0. The molecule has 0 fully saturated rings. The van der Waals surface area contributed by atoms with Crippen LogP contribution in [0.25, 0.3) is 0 Å². The molecule has 2 N–H and O–H groups in total. The average molecular weight is 301 g/mol. The topological polar surface area (TPSA) is 50.7 Å². The zero-order chi connectivity index (χ0) is 14.6. The first-order valence-electron chi connectivity index (χ1n) is 7.29. The lowest BCUT2D eigenvalue weighted by Crippen LogP contribution is -2.31. The van der Waals surface area contributed by atoms with E-state index in [-0.39, 0.29) is 0 Å². The maximum atomic E-state index is 9.74. The fourth-order valence-corrected chi connectivity index (χ4v) is 2.33. The highest BCUT2D eigenvalue weighted by Crippen LogP contribution is 2.09. The zero-order valence-electron chi connectivity index (χ0n) is 12.5. The molecule has 0 bridgehead atoms. The summed E-state index contributed by atoms with van der Waals surface area (Å²) in [6.45, 7) is 7.35. The van der Waals surface area contributed by atoms with E-state index in [9.17, 15) is 5.11 Å². The minimum absolute atomic E-state index is 0.310. The first-order chi connectivity index (χ1) is 9.68. The van der Waals surface area contributed by atoms with Gasteiger partial charge in [-0.25, -0.2) is 0 Å². The molecule has 0 spiro atoms. The first-order valence-corrected chi connectivity index (χ1v) is 8.17. The maximum absolute atomic E-state index is 9.74. The van der Waals surface area contributed by atoms with Crippen molar-refractivity contribution in [1.82, 2.24) is 5.32 Å². The Labute approximate surface area is 126 Å². The molecule has 0 radical (unpaired) electrons. The van der Waals surface area contributed by atoms with Crippen molar-refractivity contribution in [3.63, 3.8) is 0 Å². The number of hydrogen-bond acceptors (Lipinski definition) is 5. The number of rotatable bonds is 12. The standard InChI is InChI=1S/C15H27NO3S/c1-13(2)19-8-4-3-7-16-10-14(17)11-18-12-15-6-5-9-20-15/h5-6,9,13-14,16-17H,3-4,7-8,10-12H2,1-2H3. The van der Waals surface area contributed by atoms with E-state index in [1.165, 1.54) is 4.88 Å². The highest BCUT2D eigenvalue weighted by Gasteiger charge is 2.04. The molecule has 116 valence electrons. The first kappa shape index (κ1) is 17.6. The second-order valence-electron chi connectivity index (χ2n) is 5.08. The third-order valence-corrected chi connectivity index (χ3v) is 3.56. The summed E-state index contributed by atoms with van der Waals surface area (Å²) in [6.07, 6.45) is 1.98. The van der Waals surface area contributed by atoms with Gasteiger partial charge in [-0.3, -0.25) is 0 Å². The summed E-state index contributed by atoms with van der Waals surface area (Å²) >= 11 is 1.67. The molecule has 1 atom stereocenters. The molecule has 1 aromatic rings. The lowest BCUT2D eigenvalue weighted by Gasteiger charge is -2.12. The SMILES string of the molecule is CC(C)OCCCCNCC(O)COCc1cccs1. The van der Waals surface area contributed by atoms with Crippen molar-refractivity contribution in [2.75, 3.05) is 26.3 Å². The Hall–Kier alpha value is -0.460. The van der Waals surface area contributed by atoms with Crippen LogP contribution >= 0.6 is 11.3 Å². The molecular formula is C15H27NO3S. The lowest BCUT2D eigenvalue weighted by molar-refractivity contribution is 0.0297. The molecule has 5 heteroatoms. The van der Waals surface area contributed by atoms with Gasteiger partial charge in [-0.2, -0.15) is 0 Å². The molecule has 0 aliphatic rings. The third-order valence-electron chi connectivity index (χ3n) is 2.71. The van der Waals surface area contributed by atoms with Crippen LogP contribution in [0, 0.1) is 0 Å². The number of ether oxygens (including phenoxy) is 2. The van der Waals surface area contributed by atoms with Crippen LogP contribution in [0.2, 0.25) is 0 Å². The molecule has 0 aliphatic carbocycles. The Bertz CT molecular complexity index is 317. The van der Waals surface area contributed by atoms with E-state index < -0.39 is 6.10 Å². The summed E-state index contributed by atoms with van der Waals surface area (Å²) in [5, 5.41) is 15.0. The predicted molar refractivity (Wildman–Crippen MR) is 83.2 cm³/mol. The number of aliphatic hydroxyl groups is 1. The molecule has 0 aliphatic heterocycles. The van der Waals surface area contributed by atoms with Gasteiger partial charge < -0.3 is 19.9 Å². The second-order valence-corrected chi connectivity index (χ2v) is 6.11. The van der Waals surface area contributed by atoms with Gasteiger partial charge in [-0.15, -0.1) is 11.3 Å². The van der Waals surface area contributed by atoms with Crippen LogP contribution < -0.4 is 5.32 Å². The number of thiophene rings is 1. The van der Waals surface area contributed by atoms with Crippen LogP contribution in [-0.4, -0.2) is 43.6 Å². The summed E-state index contributed by atoms with van der Waals surface area (Å²) < 4.78 is 10.9. The van der Waals surface area contributed by atoms with Crippen molar-refractivity contribution in [3.8, 4) is 0 Å². The molecule has 1 aromatic heterocycles. The van der Waals surface area contributed by atoms with Gasteiger partial charge in [-0.05, 0) is 44.7 Å². The molecule has 0 amide bonds.